The summed E-state index contributed by atoms with van der Waals surface area (Å²) in [7, 11) is 0. The Morgan fingerprint density at radius 2 is 2.05 bits per heavy atom. The Morgan fingerprint density at radius 3 is 2.74 bits per heavy atom. The number of nitrogens with one attached hydrogen (secondary N) is 1. The van der Waals surface area contributed by atoms with Crippen molar-refractivity contribution in [2.24, 2.45) is 5.92 Å². The van der Waals surface area contributed by atoms with Gasteiger partial charge in [0, 0.05) is 13.1 Å². The van der Waals surface area contributed by atoms with E-state index in [2.05, 4.69) is 29.3 Å². The third-order valence-electron chi connectivity index (χ3n) is 3.07. The number of nitrogens with zero attached hydrogens (tertiary/aromatic N) is 2. The van der Waals surface area contributed by atoms with Gasteiger partial charge in [0.05, 0.1) is 12.3 Å². The summed E-state index contributed by atoms with van der Waals surface area (Å²) in [6.07, 6.45) is 3.79. The Hall–Kier alpha value is -1.49. The lowest BCUT2D eigenvalue weighted by Gasteiger charge is -2.27. The predicted octanol–water partition coefficient (Wildman–Crippen LogP) is 2.51. The van der Waals surface area contributed by atoms with Gasteiger partial charge in [-0.25, -0.2) is 5.01 Å². The number of hydrazine groups is 1. The van der Waals surface area contributed by atoms with E-state index in [4.69, 9.17) is 10.5 Å². The minimum absolute atomic E-state index is 0.458. The van der Waals surface area contributed by atoms with Crippen molar-refractivity contribution in [2.75, 3.05) is 30.9 Å². The standard InChI is InChI=1S/C14H24N4O/c1-11(2)10-19-14-12(15)6-7-13(16-14)17-18-8-4-3-5-9-18/h6-7,11H,3-5,8-10,15H2,1-2H3,(H,16,17). The molecule has 0 bridgehead atoms. The number of nitrogens with two attached hydrogens (primary N) is 1. The molecule has 1 aliphatic heterocycles. The monoisotopic (exact) mass is 264 g/mol. The van der Waals surface area contributed by atoms with Gasteiger partial charge >= 0.3 is 0 Å². The van der Waals surface area contributed by atoms with Crippen LogP contribution in [-0.2, 0) is 0 Å². The van der Waals surface area contributed by atoms with Gasteiger partial charge in [-0.1, -0.05) is 20.3 Å². The molecule has 106 valence electrons. The molecule has 0 unspecified atom stereocenters. The van der Waals surface area contributed by atoms with Crippen LogP contribution in [0.2, 0.25) is 0 Å². The Bertz CT molecular complexity index is 402. The topological polar surface area (TPSA) is 63.4 Å². The highest BCUT2D eigenvalue weighted by atomic mass is 16.5. The molecule has 5 nitrogen and oxygen atoms in total. The van der Waals surface area contributed by atoms with E-state index in [1.165, 1.54) is 19.3 Å². The fraction of sp³-hybridized carbons (Fsp3) is 0.643. The van der Waals surface area contributed by atoms with E-state index < -0.39 is 0 Å². The second-order valence-electron chi connectivity index (χ2n) is 5.46. The summed E-state index contributed by atoms with van der Waals surface area (Å²) in [4.78, 5) is 4.44. The van der Waals surface area contributed by atoms with Crippen molar-refractivity contribution in [2.45, 2.75) is 33.1 Å². The summed E-state index contributed by atoms with van der Waals surface area (Å²) in [6, 6.07) is 3.74. The lowest BCUT2D eigenvalue weighted by Crippen LogP contribution is -2.35. The van der Waals surface area contributed by atoms with Crippen molar-refractivity contribution < 1.29 is 4.74 Å². The molecule has 0 aliphatic carbocycles. The minimum atomic E-state index is 0.458. The molecular weight excluding hydrogens is 240 g/mol. The molecule has 1 aliphatic rings. The van der Waals surface area contributed by atoms with Gasteiger partial charge in [0.25, 0.3) is 0 Å². The average Bonchev–Trinajstić information content (AvgIpc) is 2.40. The van der Waals surface area contributed by atoms with Crippen LogP contribution in [0.4, 0.5) is 11.5 Å². The highest BCUT2D eigenvalue weighted by molar-refractivity contribution is 5.53. The summed E-state index contributed by atoms with van der Waals surface area (Å²) in [5, 5.41) is 2.20. The molecule has 1 fully saturated rings. The molecule has 5 heteroatoms. The number of nitrogen functional groups attached to an aromatic ring is 1. The Balaban J connectivity index is 1.98. The van der Waals surface area contributed by atoms with Gasteiger partial charge in [-0.2, -0.15) is 4.98 Å². The summed E-state index contributed by atoms with van der Waals surface area (Å²) in [5.74, 6) is 1.78. The number of hydrogen-bond donors (Lipinski definition) is 2. The first-order valence-electron chi connectivity index (χ1n) is 7.06. The largest absolute Gasteiger partial charge is 0.476 e. The SMILES string of the molecule is CC(C)COc1nc(NN2CCCCC2)ccc1N. The summed E-state index contributed by atoms with van der Waals surface area (Å²) in [6.45, 7) is 6.96. The highest BCUT2D eigenvalue weighted by Gasteiger charge is 2.11. The molecule has 0 atom stereocenters. The zero-order valence-corrected chi connectivity index (χ0v) is 11.9. The smallest absolute Gasteiger partial charge is 0.239 e. The molecule has 1 aromatic heterocycles. The van der Waals surface area contributed by atoms with E-state index >= 15 is 0 Å². The Morgan fingerprint density at radius 1 is 1.32 bits per heavy atom. The number of pyridine rings is 1. The minimum Gasteiger partial charge on any atom is -0.476 e. The van der Waals surface area contributed by atoms with Gasteiger partial charge in [-0.05, 0) is 30.9 Å². The first kappa shape index (κ1) is 13.9. The maximum atomic E-state index is 5.88. The summed E-state index contributed by atoms with van der Waals surface area (Å²) < 4.78 is 5.63. The molecule has 19 heavy (non-hydrogen) atoms. The number of hydrogen-bond acceptors (Lipinski definition) is 5. The van der Waals surface area contributed by atoms with Crippen LogP contribution in [0.5, 0.6) is 5.88 Å². The van der Waals surface area contributed by atoms with Crippen LogP contribution in [0.1, 0.15) is 33.1 Å². The Labute approximate surface area is 115 Å². The normalized spacial score (nSPS) is 16.6. The van der Waals surface area contributed by atoms with Crippen molar-refractivity contribution in [3.63, 3.8) is 0 Å². The van der Waals surface area contributed by atoms with Crippen LogP contribution in [0.3, 0.4) is 0 Å². The fourth-order valence-corrected chi connectivity index (χ4v) is 2.04. The lowest BCUT2D eigenvalue weighted by molar-refractivity contribution is 0.259. The molecular formula is C14H24N4O. The van der Waals surface area contributed by atoms with Crippen LogP contribution < -0.4 is 15.9 Å². The number of ether oxygens (including phenoxy) is 1. The van der Waals surface area contributed by atoms with E-state index in [1.54, 1.807) is 0 Å². The summed E-state index contributed by atoms with van der Waals surface area (Å²) in [5.41, 5.74) is 9.79. The van der Waals surface area contributed by atoms with Gasteiger partial charge in [-0.15, -0.1) is 0 Å². The van der Waals surface area contributed by atoms with Crippen molar-refractivity contribution in [3.05, 3.63) is 12.1 Å². The maximum Gasteiger partial charge on any atom is 0.239 e. The van der Waals surface area contributed by atoms with Gasteiger partial charge in [0.1, 0.15) is 5.82 Å². The highest BCUT2D eigenvalue weighted by Crippen LogP contribution is 2.22. The second-order valence-corrected chi connectivity index (χ2v) is 5.46. The number of aromatic nitrogens is 1. The van der Waals surface area contributed by atoms with E-state index in [1.807, 2.05) is 12.1 Å². The van der Waals surface area contributed by atoms with E-state index in [0.29, 0.717) is 24.1 Å². The molecule has 1 aromatic rings. The molecule has 3 N–H and O–H groups in total. The maximum absolute atomic E-state index is 5.88. The molecule has 2 rings (SSSR count). The van der Waals surface area contributed by atoms with Crippen LogP contribution in [0.25, 0.3) is 0 Å². The third kappa shape index (κ3) is 4.28. The van der Waals surface area contributed by atoms with Crippen LogP contribution >= 0.6 is 0 Å². The molecule has 0 saturated carbocycles. The molecule has 0 spiro atoms. The summed E-state index contributed by atoms with van der Waals surface area (Å²) >= 11 is 0. The van der Waals surface area contributed by atoms with E-state index in [9.17, 15) is 0 Å². The predicted molar refractivity (Wildman–Crippen MR) is 78.0 cm³/mol. The van der Waals surface area contributed by atoms with E-state index in [0.717, 1.165) is 18.9 Å². The number of rotatable bonds is 5. The quantitative estimate of drug-likeness (QED) is 0.855. The first-order chi connectivity index (χ1) is 9.15. The molecule has 0 aromatic carbocycles. The lowest BCUT2D eigenvalue weighted by atomic mass is 10.2. The Kier molecular flexibility index (Phi) is 4.85. The molecule has 0 radical (unpaired) electrons. The zero-order valence-electron chi connectivity index (χ0n) is 11.9. The fourth-order valence-electron chi connectivity index (χ4n) is 2.04. The van der Waals surface area contributed by atoms with Crippen molar-refractivity contribution >= 4 is 11.5 Å². The second kappa shape index (κ2) is 6.61. The van der Waals surface area contributed by atoms with Crippen LogP contribution in [0.15, 0.2) is 12.1 Å². The first-order valence-corrected chi connectivity index (χ1v) is 7.06. The number of anilines is 2. The molecule has 2 heterocycles. The van der Waals surface area contributed by atoms with Crippen molar-refractivity contribution in [1.29, 1.82) is 0 Å². The van der Waals surface area contributed by atoms with Gasteiger partial charge < -0.3 is 15.9 Å². The zero-order chi connectivity index (χ0) is 13.7. The van der Waals surface area contributed by atoms with Crippen molar-refractivity contribution in [1.82, 2.24) is 9.99 Å². The average molecular weight is 264 g/mol. The molecule has 0 amide bonds. The molecule has 1 saturated heterocycles. The number of piperidine rings is 1. The van der Waals surface area contributed by atoms with Crippen molar-refractivity contribution in [3.8, 4) is 5.88 Å². The van der Waals surface area contributed by atoms with Gasteiger partial charge in [0.15, 0.2) is 0 Å². The van der Waals surface area contributed by atoms with Gasteiger partial charge in [0.2, 0.25) is 5.88 Å². The van der Waals surface area contributed by atoms with E-state index in [-0.39, 0.29) is 0 Å². The van der Waals surface area contributed by atoms with Crippen LogP contribution in [0, 0.1) is 5.92 Å². The van der Waals surface area contributed by atoms with Crippen LogP contribution in [-0.4, -0.2) is 29.7 Å². The van der Waals surface area contributed by atoms with Gasteiger partial charge in [-0.3, -0.25) is 0 Å². The third-order valence-corrected chi connectivity index (χ3v) is 3.07.